The fraction of sp³-hybridized carbons (Fsp3) is 0.286. The number of ether oxygens (including phenoxy) is 1. The first-order valence-corrected chi connectivity index (χ1v) is 10.3. The van der Waals surface area contributed by atoms with E-state index < -0.39 is 0 Å². The van der Waals surface area contributed by atoms with E-state index in [-0.39, 0.29) is 18.3 Å². The van der Waals surface area contributed by atoms with Crippen LogP contribution in [0.3, 0.4) is 0 Å². The number of hydrogen-bond acceptors (Lipinski definition) is 6. The number of aryl methyl sites for hydroxylation is 1. The summed E-state index contributed by atoms with van der Waals surface area (Å²) in [5.41, 5.74) is 1.29. The lowest BCUT2D eigenvalue weighted by atomic mass is 10.3. The lowest BCUT2D eigenvalue weighted by molar-refractivity contribution is 0.102. The van der Waals surface area contributed by atoms with E-state index in [4.69, 9.17) is 4.74 Å². The summed E-state index contributed by atoms with van der Waals surface area (Å²) >= 11 is 1.28. The van der Waals surface area contributed by atoms with Crippen LogP contribution >= 0.6 is 11.3 Å². The maximum atomic E-state index is 13.0. The van der Waals surface area contributed by atoms with Crippen LogP contribution in [0.1, 0.15) is 33.2 Å². The number of thiazole rings is 1. The molecule has 4 rings (SSSR count). The van der Waals surface area contributed by atoms with E-state index in [1.165, 1.54) is 36.3 Å². The number of nitrogens with zero attached hydrogens (tertiary/aromatic N) is 3. The molecule has 0 saturated carbocycles. The number of carbonyl (C=O) groups is 1. The number of nitrogens with one attached hydrogen (secondary N) is 1. The SMILES string of the molecule is Cc1nc(COc2ccc(F)cc2)sc1C(=O)Nc1ccc(N2CCCC2)nc1. The van der Waals surface area contributed by atoms with Gasteiger partial charge < -0.3 is 15.0 Å². The van der Waals surface area contributed by atoms with Crippen molar-refractivity contribution >= 4 is 28.7 Å². The van der Waals surface area contributed by atoms with Gasteiger partial charge in [0.15, 0.2) is 0 Å². The fourth-order valence-corrected chi connectivity index (χ4v) is 4.05. The number of benzene rings is 1. The lowest BCUT2D eigenvalue weighted by Gasteiger charge is -2.16. The monoisotopic (exact) mass is 412 g/mol. The predicted octanol–water partition coefficient (Wildman–Crippen LogP) is 4.42. The molecule has 29 heavy (non-hydrogen) atoms. The molecule has 0 spiro atoms. The summed E-state index contributed by atoms with van der Waals surface area (Å²) < 4.78 is 18.6. The van der Waals surface area contributed by atoms with Crippen molar-refractivity contribution < 1.29 is 13.9 Å². The highest BCUT2D eigenvalue weighted by atomic mass is 32.1. The largest absolute Gasteiger partial charge is 0.486 e. The van der Waals surface area contributed by atoms with Crippen LogP contribution in [0.25, 0.3) is 0 Å². The first kappa shape index (κ1) is 19.3. The molecular weight excluding hydrogens is 391 g/mol. The molecule has 6 nitrogen and oxygen atoms in total. The van der Waals surface area contributed by atoms with Crippen molar-refractivity contribution in [2.24, 2.45) is 0 Å². The molecule has 0 bridgehead atoms. The van der Waals surface area contributed by atoms with Gasteiger partial charge in [0.05, 0.1) is 17.6 Å². The third-order valence-electron chi connectivity index (χ3n) is 4.66. The molecule has 1 N–H and O–H groups in total. The highest BCUT2D eigenvalue weighted by molar-refractivity contribution is 7.13. The van der Waals surface area contributed by atoms with Gasteiger partial charge in [0.25, 0.3) is 5.91 Å². The quantitative estimate of drug-likeness (QED) is 0.649. The van der Waals surface area contributed by atoms with Gasteiger partial charge in [0.1, 0.15) is 33.9 Å². The summed E-state index contributed by atoms with van der Waals surface area (Å²) in [5, 5.41) is 3.56. The first-order valence-electron chi connectivity index (χ1n) is 9.45. The summed E-state index contributed by atoms with van der Waals surface area (Å²) in [6.07, 6.45) is 4.07. The zero-order valence-corrected chi connectivity index (χ0v) is 16.8. The summed E-state index contributed by atoms with van der Waals surface area (Å²) in [7, 11) is 0. The van der Waals surface area contributed by atoms with Crippen LogP contribution in [0.4, 0.5) is 15.9 Å². The van der Waals surface area contributed by atoms with E-state index in [1.54, 1.807) is 25.3 Å². The molecule has 3 aromatic rings. The molecular formula is C21H21FN4O2S. The van der Waals surface area contributed by atoms with Crippen LogP contribution in [0, 0.1) is 12.7 Å². The van der Waals surface area contributed by atoms with E-state index in [0.717, 1.165) is 18.9 Å². The molecule has 1 fully saturated rings. The van der Waals surface area contributed by atoms with Crippen molar-refractivity contribution in [3.8, 4) is 5.75 Å². The van der Waals surface area contributed by atoms with E-state index in [2.05, 4.69) is 20.2 Å². The highest BCUT2D eigenvalue weighted by Crippen LogP contribution is 2.23. The molecule has 0 atom stereocenters. The number of hydrogen-bond donors (Lipinski definition) is 1. The minimum absolute atomic E-state index is 0.219. The van der Waals surface area contributed by atoms with Crippen molar-refractivity contribution in [2.75, 3.05) is 23.3 Å². The van der Waals surface area contributed by atoms with Gasteiger partial charge in [-0.1, -0.05) is 0 Å². The third kappa shape index (κ3) is 4.71. The maximum absolute atomic E-state index is 13.0. The molecule has 1 saturated heterocycles. The summed E-state index contributed by atoms with van der Waals surface area (Å²) in [4.78, 5) is 24.3. The van der Waals surface area contributed by atoms with Crippen LogP contribution in [0.2, 0.25) is 0 Å². The van der Waals surface area contributed by atoms with Crippen molar-refractivity contribution in [3.63, 3.8) is 0 Å². The average Bonchev–Trinajstić information content (AvgIpc) is 3.38. The first-order chi connectivity index (χ1) is 14.1. The number of halogens is 1. The van der Waals surface area contributed by atoms with Crippen molar-refractivity contribution in [2.45, 2.75) is 26.4 Å². The highest BCUT2D eigenvalue weighted by Gasteiger charge is 2.17. The molecule has 8 heteroatoms. The number of pyridine rings is 1. The van der Waals surface area contributed by atoms with Crippen LogP contribution in [0.5, 0.6) is 5.75 Å². The van der Waals surface area contributed by atoms with Crippen molar-refractivity contribution in [1.82, 2.24) is 9.97 Å². The van der Waals surface area contributed by atoms with Crippen LogP contribution in [-0.2, 0) is 6.61 Å². The van der Waals surface area contributed by atoms with Gasteiger partial charge >= 0.3 is 0 Å². The second-order valence-corrected chi connectivity index (χ2v) is 7.90. The lowest BCUT2D eigenvalue weighted by Crippen LogP contribution is -2.19. The molecule has 1 aliphatic heterocycles. The zero-order valence-electron chi connectivity index (χ0n) is 16.0. The summed E-state index contributed by atoms with van der Waals surface area (Å²) in [5.74, 6) is 0.956. The number of anilines is 2. The number of rotatable bonds is 6. The Bertz CT molecular complexity index is 983. The smallest absolute Gasteiger partial charge is 0.267 e. The second kappa shape index (κ2) is 8.57. The standard InChI is InChI=1S/C21H21FN4O2S/c1-14-20(29-19(24-14)13-28-17-7-4-15(22)5-8-17)21(27)25-16-6-9-18(23-12-16)26-10-2-3-11-26/h4-9,12H,2-3,10-11,13H2,1H3,(H,25,27). The number of carbonyl (C=O) groups excluding carboxylic acids is 1. The Kier molecular flexibility index (Phi) is 5.71. The van der Waals surface area contributed by atoms with Crippen molar-refractivity contribution in [1.29, 1.82) is 0 Å². The summed E-state index contributed by atoms with van der Waals surface area (Å²) in [6.45, 7) is 4.07. The minimum Gasteiger partial charge on any atom is -0.486 e. The topological polar surface area (TPSA) is 67.3 Å². The normalized spacial score (nSPS) is 13.5. The minimum atomic E-state index is -0.315. The molecule has 150 valence electrons. The molecule has 1 aliphatic rings. The van der Waals surface area contributed by atoms with Gasteiger partial charge in [-0.2, -0.15) is 0 Å². The van der Waals surface area contributed by atoms with E-state index in [0.29, 0.717) is 27.0 Å². The zero-order chi connectivity index (χ0) is 20.2. The molecule has 2 aromatic heterocycles. The average molecular weight is 412 g/mol. The van der Waals surface area contributed by atoms with E-state index in [9.17, 15) is 9.18 Å². The van der Waals surface area contributed by atoms with Gasteiger partial charge in [-0.05, 0) is 56.2 Å². The Morgan fingerprint density at radius 2 is 1.97 bits per heavy atom. The predicted molar refractivity (Wildman–Crippen MR) is 111 cm³/mol. The Balaban J connectivity index is 1.37. The van der Waals surface area contributed by atoms with E-state index >= 15 is 0 Å². The molecule has 1 aromatic carbocycles. The van der Waals surface area contributed by atoms with E-state index in [1.807, 2.05) is 12.1 Å². The van der Waals surface area contributed by atoms with Crippen LogP contribution in [0.15, 0.2) is 42.6 Å². The van der Waals surface area contributed by atoms with Gasteiger partial charge in [0.2, 0.25) is 0 Å². The molecule has 0 unspecified atom stereocenters. The second-order valence-electron chi connectivity index (χ2n) is 6.82. The number of amides is 1. The van der Waals surface area contributed by atoms with Crippen LogP contribution < -0.4 is 15.0 Å². The molecule has 3 heterocycles. The molecule has 0 radical (unpaired) electrons. The molecule has 1 amide bonds. The fourth-order valence-electron chi connectivity index (χ4n) is 3.18. The Morgan fingerprint density at radius 1 is 1.21 bits per heavy atom. The number of aromatic nitrogens is 2. The molecule has 0 aliphatic carbocycles. The van der Waals surface area contributed by atoms with Crippen LogP contribution in [-0.4, -0.2) is 29.0 Å². The Morgan fingerprint density at radius 3 is 2.66 bits per heavy atom. The summed E-state index contributed by atoms with van der Waals surface area (Å²) in [6, 6.07) is 9.59. The van der Waals surface area contributed by atoms with Gasteiger partial charge in [-0.3, -0.25) is 4.79 Å². The van der Waals surface area contributed by atoms with Crippen molar-refractivity contribution in [3.05, 3.63) is 64.0 Å². The van der Waals surface area contributed by atoms with Gasteiger partial charge in [-0.15, -0.1) is 11.3 Å². The maximum Gasteiger partial charge on any atom is 0.267 e. The van der Waals surface area contributed by atoms with Gasteiger partial charge in [0, 0.05) is 13.1 Å². The van der Waals surface area contributed by atoms with Gasteiger partial charge in [-0.25, -0.2) is 14.4 Å². The Hall–Kier alpha value is -3.00. The third-order valence-corrected chi connectivity index (χ3v) is 5.79. The Labute approximate surface area is 172 Å².